The lowest BCUT2D eigenvalue weighted by Crippen LogP contribution is -1.98. The van der Waals surface area contributed by atoms with Crippen molar-refractivity contribution in [1.29, 1.82) is 0 Å². The zero-order valence-corrected chi connectivity index (χ0v) is 9.03. The van der Waals surface area contributed by atoms with E-state index in [2.05, 4.69) is 4.98 Å². The fourth-order valence-electron chi connectivity index (χ4n) is 1.68. The van der Waals surface area contributed by atoms with Crippen molar-refractivity contribution in [3.63, 3.8) is 0 Å². The standard InChI is InChI=1S/C13H13NO2/c1-2-9(13(15)16)7-11-8-10-5-3-4-6-12(10)14-11/h3-8,14H,2H2,1H3,(H,15,16). The summed E-state index contributed by atoms with van der Waals surface area (Å²) < 4.78 is 0. The molecule has 0 unspecified atom stereocenters. The average Bonchev–Trinajstić information content (AvgIpc) is 2.67. The molecule has 0 saturated heterocycles. The van der Waals surface area contributed by atoms with E-state index >= 15 is 0 Å². The summed E-state index contributed by atoms with van der Waals surface area (Å²) in [6, 6.07) is 9.83. The van der Waals surface area contributed by atoms with E-state index in [0.717, 1.165) is 16.6 Å². The first-order chi connectivity index (χ1) is 7.70. The Bertz CT molecular complexity index is 519. The van der Waals surface area contributed by atoms with Gasteiger partial charge in [0.25, 0.3) is 0 Å². The van der Waals surface area contributed by atoms with Crippen molar-refractivity contribution in [2.75, 3.05) is 0 Å². The highest BCUT2D eigenvalue weighted by Gasteiger charge is 2.05. The number of H-pyrrole nitrogens is 1. The lowest BCUT2D eigenvalue weighted by Gasteiger charge is -1.95. The monoisotopic (exact) mass is 215 g/mol. The molecular formula is C13H13NO2. The van der Waals surface area contributed by atoms with E-state index in [1.165, 1.54) is 0 Å². The molecule has 0 amide bonds. The molecule has 1 aromatic carbocycles. The Hall–Kier alpha value is -2.03. The largest absolute Gasteiger partial charge is 0.478 e. The number of carbonyl (C=O) groups is 1. The molecule has 0 spiro atoms. The highest BCUT2D eigenvalue weighted by atomic mass is 16.4. The van der Waals surface area contributed by atoms with E-state index in [1.54, 1.807) is 6.08 Å². The highest BCUT2D eigenvalue weighted by Crippen LogP contribution is 2.17. The van der Waals surface area contributed by atoms with Gasteiger partial charge in [-0.15, -0.1) is 0 Å². The first kappa shape index (κ1) is 10.5. The number of aromatic amines is 1. The Balaban J connectivity index is 2.44. The molecule has 0 atom stereocenters. The van der Waals surface area contributed by atoms with Gasteiger partial charge in [-0.2, -0.15) is 0 Å². The Morgan fingerprint density at radius 2 is 2.19 bits per heavy atom. The van der Waals surface area contributed by atoms with Crippen LogP contribution >= 0.6 is 0 Å². The van der Waals surface area contributed by atoms with E-state index < -0.39 is 5.97 Å². The number of aliphatic carboxylic acids is 1. The van der Waals surface area contributed by atoms with Crippen LogP contribution < -0.4 is 0 Å². The number of carboxylic acid groups (broad SMARTS) is 1. The molecule has 1 heterocycles. The zero-order chi connectivity index (χ0) is 11.5. The molecular weight excluding hydrogens is 202 g/mol. The number of para-hydroxylation sites is 1. The first-order valence-electron chi connectivity index (χ1n) is 5.22. The van der Waals surface area contributed by atoms with Gasteiger partial charge in [-0.1, -0.05) is 25.1 Å². The third-order valence-electron chi connectivity index (χ3n) is 2.54. The Labute approximate surface area is 93.4 Å². The van der Waals surface area contributed by atoms with Crippen LogP contribution in [0.3, 0.4) is 0 Å². The molecule has 0 saturated carbocycles. The normalized spacial score (nSPS) is 11.9. The lowest BCUT2D eigenvalue weighted by atomic mass is 10.1. The van der Waals surface area contributed by atoms with Crippen LogP contribution in [0.1, 0.15) is 19.0 Å². The van der Waals surface area contributed by atoms with Crippen molar-refractivity contribution in [3.8, 4) is 0 Å². The van der Waals surface area contributed by atoms with Gasteiger partial charge >= 0.3 is 5.97 Å². The molecule has 0 fully saturated rings. The van der Waals surface area contributed by atoms with Crippen molar-refractivity contribution >= 4 is 22.9 Å². The van der Waals surface area contributed by atoms with Crippen LogP contribution in [0.4, 0.5) is 0 Å². The predicted molar refractivity (Wildman–Crippen MR) is 64.2 cm³/mol. The van der Waals surface area contributed by atoms with Gasteiger partial charge in [0.15, 0.2) is 0 Å². The summed E-state index contributed by atoms with van der Waals surface area (Å²) in [5, 5.41) is 10.0. The first-order valence-corrected chi connectivity index (χ1v) is 5.22. The molecule has 1 aromatic heterocycles. The van der Waals surface area contributed by atoms with Crippen LogP contribution in [0, 0.1) is 0 Å². The average molecular weight is 215 g/mol. The van der Waals surface area contributed by atoms with Gasteiger partial charge in [0.1, 0.15) is 0 Å². The summed E-state index contributed by atoms with van der Waals surface area (Å²) in [6.45, 7) is 1.84. The van der Waals surface area contributed by atoms with Gasteiger partial charge in [-0.05, 0) is 30.0 Å². The minimum absolute atomic E-state index is 0.409. The van der Waals surface area contributed by atoms with Crippen LogP contribution in [-0.4, -0.2) is 16.1 Å². The van der Waals surface area contributed by atoms with E-state index in [9.17, 15) is 4.79 Å². The minimum Gasteiger partial charge on any atom is -0.478 e. The molecule has 0 aliphatic heterocycles. The second-order valence-electron chi connectivity index (χ2n) is 3.64. The molecule has 0 aliphatic rings. The van der Waals surface area contributed by atoms with Gasteiger partial charge in [-0.3, -0.25) is 0 Å². The molecule has 2 N–H and O–H groups in total. The molecule has 3 nitrogen and oxygen atoms in total. The summed E-state index contributed by atoms with van der Waals surface area (Å²) in [6.07, 6.45) is 2.20. The molecule has 3 heteroatoms. The summed E-state index contributed by atoms with van der Waals surface area (Å²) in [7, 11) is 0. The molecule has 0 radical (unpaired) electrons. The van der Waals surface area contributed by atoms with Crippen molar-refractivity contribution in [2.24, 2.45) is 0 Å². The van der Waals surface area contributed by atoms with E-state index in [0.29, 0.717) is 12.0 Å². The maximum atomic E-state index is 10.9. The zero-order valence-electron chi connectivity index (χ0n) is 9.03. The molecule has 82 valence electrons. The number of benzene rings is 1. The van der Waals surface area contributed by atoms with Gasteiger partial charge in [-0.25, -0.2) is 4.79 Å². The van der Waals surface area contributed by atoms with Crippen LogP contribution in [0.2, 0.25) is 0 Å². The number of carboxylic acids is 1. The fraction of sp³-hybridized carbons (Fsp3) is 0.154. The minimum atomic E-state index is -0.860. The SMILES string of the molecule is CCC(=Cc1cc2ccccc2[nH]1)C(=O)O. The van der Waals surface area contributed by atoms with Crippen molar-refractivity contribution in [2.45, 2.75) is 13.3 Å². The van der Waals surface area contributed by atoms with Crippen LogP contribution in [0.15, 0.2) is 35.9 Å². The van der Waals surface area contributed by atoms with Gasteiger partial charge in [0, 0.05) is 16.8 Å². The third kappa shape index (κ3) is 1.98. The Kier molecular flexibility index (Phi) is 2.77. The Morgan fingerprint density at radius 1 is 1.44 bits per heavy atom. The molecule has 0 aliphatic carbocycles. The van der Waals surface area contributed by atoms with Crippen LogP contribution in [0.5, 0.6) is 0 Å². The lowest BCUT2D eigenvalue weighted by molar-refractivity contribution is -0.132. The molecule has 16 heavy (non-hydrogen) atoms. The van der Waals surface area contributed by atoms with Crippen LogP contribution in [-0.2, 0) is 4.79 Å². The van der Waals surface area contributed by atoms with Crippen molar-refractivity contribution < 1.29 is 9.90 Å². The van der Waals surface area contributed by atoms with Gasteiger partial charge in [0.2, 0.25) is 0 Å². The number of aromatic nitrogens is 1. The second kappa shape index (κ2) is 4.23. The number of hydrogen-bond donors (Lipinski definition) is 2. The van der Waals surface area contributed by atoms with Gasteiger partial charge in [0.05, 0.1) is 0 Å². The quantitative estimate of drug-likeness (QED) is 0.773. The molecule has 2 rings (SSSR count). The Morgan fingerprint density at radius 3 is 2.81 bits per heavy atom. The molecule has 2 aromatic rings. The number of nitrogens with one attached hydrogen (secondary N) is 1. The van der Waals surface area contributed by atoms with E-state index in [-0.39, 0.29) is 0 Å². The van der Waals surface area contributed by atoms with E-state index in [1.807, 2.05) is 37.3 Å². The van der Waals surface area contributed by atoms with Crippen LogP contribution in [0.25, 0.3) is 17.0 Å². The third-order valence-corrected chi connectivity index (χ3v) is 2.54. The molecule has 0 bridgehead atoms. The van der Waals surface area contributed by atoms with Gasteiger partial charge < -0.3 is 10.1 Å². The number of rotatable bonds is 3. The predicted octanol–water partition coefficient (Wildman–Crippen LogP) is 3.05. The smallest absolute Gasteiger partial charge is 0.331 e. The summed E-state index contributed by atoms with van der Waals surface area (Å²) in [4.78, 5) is 14.0. The maximum absolute atomic E-state index is 10.9. The summed E-state index contributed by atoms with van der Waals surface area (Å²) in [5.74, 6) is -0.860. The van der Waals surface area contributed by atoms with Crippen molar-refractivity contribution in [1.82, 2.24) is 4.98 Å². The summed E-state index contributed by atoms with van der Waals surface area (Å²) in [5.41, 5.74) is 2.27. The topological polar surface area (TPSA) is 53.1 Å². The highest BCUT2D eigenvalue weighted by molar-refractivity contribution is 5.93. The second-order valence-corrected chi connectivity index (χ2v) is 3.64. The van der Waals surface area contributed by atoms with Crippen molar-refractivity contribution in [3.05, 3.63) is 41.6 Å². The number of hydrogen-bond acceptors (Lipinski definition) is 1. The summed E-state index contributed by atoms with van der Waals surface area (Å²) >= 11 is 0. The maximum Gasteiger partial charge on any atom is 0.331 e. The fourth-order valence-corrected chi connectivity index (χ4v) is 1.68. The van der Waals surface area contributed by atoms with E-state index in [4.69, 9.17) is 5.11 Å². The number of fused-ring (bicyclic) bond motifs is 1.